The fraction of sp³-hybridized carbons (Fsp3) is 0.743. The Labute approximate surface area is 355 Å². The molecule has 0 fully saturated rings. The summed E-state index contributed by atoms with van der Waals surface area (Å²) >= 11 is 0. The van der Waals surface area contributed by atoms with E-state index in [9.17, 15) is 58.8 Å². The summed E-state index contributed by atoms with van der Waals surface area (Å²) in [5.74, 6) is -6.44. The summed E-state index contributed by atoms with van der Waals surface area (Å²) in [6.07, 6.45) is 5.39. The van der Waals surface area contributed by atoms with Crippen LogP contribution >= 0.6 is 0 Å². The molecule has 0 spiro atoms. The Hall–Kier alpha value is -5.09. The number of unbranched alkanes of at least 4 members (excludes halogenated alkanes) is 6. The van der Waals surface area contributed by atoms with Crippen LogP contribution in [-0.4, -0.2) is 156 Å². The van der Waals surface area contributed by atoms with Crippen LogP contribution in [0, 0.1) is 0 Å². The molecule has 61 heavy (non-hydrogen) atoms. The van der Waals surface area contributed by atoms with Crippen LogP contribution in [0.15, 0.2) is 0 Å². The Kier molecular flexibility index (Phi) is 44.4. The fourth-order valence-electron chi connectivity index (χ4n) is 4.25. The quantitative estimate of drug-likeness (QED) is 0.0243. The van der Waals surface area contributed by atoms with Gasteiger partial charge in [-0.05, 0) is 70.8 Å². The van der Waals surface area contributed by atoms with Gasteiger partial charge in [0.15, 0.2) is 0 Å². The number of nitrogens with two attached hydrogens (primary N) is 3. The number of aliphatic carboxylic acids is 4. The molecule has 26 nitrogen and oxygen atoms in total. The monoisotopic (exact) mass is 889 g/mol. The number of hydroxylamine groups is 6. The summed E-state index contributed by atoms with van der Waals surface area (Å²) in [6, 6.07) is -2.12. The van der Waals surface area contributed by atoms with Crippen molar-refractivity contribution in [3.63, 3.8) is 0 Å². The van der Waals surface area contributed by atoms with Crippen molar-refractivity contribution in [3.05, 3.63) is 0 Å². The van der Waals surface area contributed by atoms with Crippen LogP contribution in [0.3, 0.4) is 0 Å². The van der Waals surface area contributed by atoms with Crippen molar-refractivity contribution in [3.8, 4) is 0 Å². The molecule has 2 atom stereocenters. The van der Waals surface area contributed by atoms with Gasteiger partial charge in [-0.3, -0.25) is 58.8 Å². The van der Waals surface area contributed by atoms with Gasteiger partial charge < -0.3 is 60.6 Å². The normalized spacial score (nSPS) is 10.9. The van der Waals surface area contributed by atoms with Crippen molar-refractivity contribution in [1.82, 2.24) is 38.1 Å². The zero-order chi connectivity index (χ0) is 45.8. The zero-order valence-electron chi connectivity index (χ0n) is 35.2. The van der Waals surface area contributed by atoms with Gasteiger partial charge in [0.05, 0.1) is 0 Å². The van der Waals surface area contributed by atoms with Gasteiger partial charge in [0, 0.05) is 78.2 Å². The Morgan fingerprint density at radius 2 is 0.820 bits per heavy atom. The maximum absolute atomic E-state index is 12.0. The van der Waals surface area contributed by atoms with Crippen LogP contribution in [0.1, 0.15) is 116 Å². The number of carbonyl (C=O) groups is 9. The van der Waals surface area contributed by atoms with E-state index in [1.54, 1.807) is 0 Å². The van der Waals surface area contributed by atoms with Crippen molar-refractivity contribution in [2.45, 2.75) is 128 Å². The average Bonchev–Trinajstić information content (AvgIpc) is 3.18. The van der Waals surface area contributed by atoms with E-state index >= 15 is 0 Å². The van der Waals surface area contributed by atoms with Crippen LogP contribution in [0.2, 0.25) is 0 Å². The smallest absolute Gasteiger partial charge is 0.320 e. The van der Waals surface area contributed by atoms with E-state index in [1.807, 2.05) is 0 Å². The van der Waals surface area contributed by atoms with Gasteiger partial charge in [0.1, 0.15) is 12.1 Å². The topological polar surface area (TPSA) is 477 Å². The largest absolute Gasteiger partial charge is 0.481 e. The number of hydrogen-bond acceptors (Lipinski definition) is 17. The van der Waals surface area contributed by atoms with Crippen molar-refractivity contribution >= 4 is 53.4 Å². The summed E-state index contributed by atoms with van der Waals surface area (Å²) < 4.78 is 0. The van der Waals surface area contributed by atoms with Crippen molar-refractivity contribution in [2.24, 2.45) is 17.2 Å². The fourth-order valence-corrected chi connectivity index (χ4v) is 4.25. The molecule has 0 radical (unpaired) electrons. The first-order valence-electron chi connectivity index (χ1n) is 19.2. The van der Waals surface area contributed by atoms with Gasteiger partial charge in [-0.25, -0.2) is 15.2 Å². The molecule has 5 amide bonds. The first kappa shape index (κ1) is 65.0. The lowest BCUT2D eigenvalue weighted by molar-refractivity contribution is -0.166. The molecule has 26 heteroatoms. The maximum atomic E-state index is 12.0. The summed E-state index contributed by atoms with van der Waals surface area (Å²) in [7, 11) is 0. The molecule has 0 rings (SSSR count). The third kappa shape index (κ3) is 44.3. The van der Waals surface area contributed by atoms with Crippen LogP contribution in [-0.2, 0) is 43.2 Å². The number of carbonyl (C=O) groups excluding carboxylic acids is 5. The second-order valence-electron chi connectivity index (χ2n) is 13.1. The standard InChI is InChI=1S/C25H48N6O8.2C5H9NO4.2H3N/c1-21(32)29(37)18-9-3-6-16-27-22(33)12-14-25(36)31(39)20-10-4-7-17-28-23(34)11-13-24(35)30(38)19-8-2-5-15-26;2*6-3(5(9)10)1-2-4(7)8;;/h37-39H,2-20,26H2,1H3,(H,27,33)(H,28,34);2*3H,1-2,6H2,(H,7,8)(H,9,10);2*1H3. The van der Waals surface area contributed by atoms with Crippen molar-refractivity contribution < 1.29 is 79.2 Å². The number of amides is 5. The van der Waals surface area contributed by atoms with Crippen molar-refractivity contribution in [2.75, 3.05) is 39.3 Å². The highest BCUT2D eigenvalue weighted by atomic mass is 16.5. The molecule has 0 saturated carbocycles. The van der Waals surface area contributed by atoms with E-state index in [-0.39, 0.29) is 95.1 Å². The average molecular weight is 889 g/mol. The molecule has 0 aliphatic rings. The molecule has 0 aliphatic carbocycles. The maximum Gasteiger partial charge on any atom is 0.320 e. The minimum atomic E-state index is -1.17. The number of carboxylic acid groups (broad SMARTS) is 4. The SMILES string of the molecule is CC(=O)N(O)CCCCCNC(=O)CCC(=O)N(O)CCCCCNC(=O)CCC(=O)N(O)CCCCCN.N.N.NC(CCC(=O)O)C(=O)O.NC(CCC(=O)O)C(=O)O. The molecule has 358 valence electrons. The number of hydrogen-bond donors (Lipinski definition) is 14. The van der Waals surface area contributed by atoms with E-state index in [2.05, 4.69) is 10.6 Å². The molecule has 0 bridgehead atoms. The summed E-state index contributed by atoms with van der Waals surface area (Å²) in [5, 5.41) is 68.6. The van der Waals surface area contributed by atoms with Crippen LogP contribution in [0.25, 0.3) is 0 Å². The number of carboxylic acids is 4. The Morgan fingerprint density at radius 3 is 1.11 bits per heavy atom. The Morgan fingerprint density at radius 1 is 0.492 bits per heavy atom. The van der Waals surface area contributed by atoms with Gasteiger partial charge in [-0.2, -0.15) is 0 Å². The predicted octanol–water partition coefficient (Wildman–Crippen LogP) is -0.228. The summed E-state index contributed by atoms with van der Waals surface area (Å²) in [4.78, 5) is 98.1. The molecule has 0 aromatic heterocycles. The highest BCUT2D eigenvalue weighted by molar-refractivity contribution is 5.84. The summed E-state index contributed by atoms with van der Waals surface area (Å²) in [6.45, 7) is 3.22. The van der Waals surface area contributed by atoms with Gasteiger partial charge in [-0.15, -0.1) is 0 Å². The highest BCUT2D eigenvalue weighted by Crippen LogP contribution is 2.03. The van der Waals surface area contributed by atoms with E-state index in [4.69, 9.17) is 37.6 Å². The Bertz CT molecular complexity index is 1250. The highest BCUT2D eigenvalue weighted by Gasteiger charge is 2.15. The molecule has 0 heterocycles. The second kappa shape index (κ2) is 41.6. The van der Waals surface area contributed by atoms with Gasteiger partial charge in [0.25, 0.3) is 0 Å². The Balaban J connectivity index is -0.000000388. The molecule has 0 aromatic rings. The van der Waals surface area contributed by atoms with Crippen LogP contribution in [0.5, 0.6) is 0 Å². The third-order valence-corrected chi connectivity index (χ3v) is 7.86. The molecule has 0 saturated heterocycles. The molecular formula is C35H72N10O16. The van der Waals surface area contributed by atoms with Crippen LogP contribution in [0.4, 0.5) is 0 Å². The minimum absolute atomic E-state index is 0. The van der Waals surface area contributed by atoms with Gasteiger partial charge in [-0.1, -0.05) is 6.42 Å². The number of rotatable bonds is 31. The molecule has 21 N–H and O–H groups in total. The van der Waals surface area contributed by atoms with Crippen LogP contribution < -0.4 is 40.1 Å². The molecular weight excluding hydrogens is 816 g/mol. The van der Waals surface area contributed by atoms with Gasteiger partial charge in [0.2, 0.25) is 29.5 Å². The van der Waals surface area contributed by atoms with Crippen molar-refractivity contribution in [1.29, 1.82) is 0 Å². The van der Waals surface area contributed by atoms with E-state index in [0.29, 0.717) is 73.3 Å². The lowest BCUT2D eigenvalue weighted by atomic mass is 10.2. The summed E-state index contributed by atoms with van der Waals surface area (Å²) in [5.41, 5.74) is 15.4. The zero-order valence-corrected chi connectivity index (χ0v) is 35.2. The molecule has 0 aliphatic heterocycles. The first-order chi connectivity index (χ1) is 27.7. The molecule has 0 aromatic carbocycles. The van der Waals surface area contributed by atoms with Gasteiger partial charge >= 0.3 is 23.9 Å². The third-order valence-electron chi connectivity index (χ3n) is 7.86. The first-order valence-corrected chi connectivity index (χ1v) is 19.2. The minimum Gasteiger partial charge on any atom is -0.481 e. The number of nitrogens with zero attached hydrogens (tertiary/aromatic N) is 3. The van der Waals surface area contributed by atoms with E-state index in [0.717, 1.165) is 19.3 Å². The van der Waals surface area contributed by atoms with E-state index < -0.39 is 53.7 Å². The predicted molar refractivity (Wildman–Crippen MR) is 216 cm³/mol. The number of nitrogens with one attached hydrogen (secondary N) is 2. The lowest BCUT2D eigenvalue weighted by Gasteiger charge is -2.15. The second-order valence-corrected chi connectivity index (χ2v) is 13.1. The lowest BCUT2D eigenvalue weighted by Crippen LogP contribution is -2.31. The molecule has 2 unspecified atom stereocenters. The van der Waals surface area contributed by atoms with E-state index in [1.165, 1.54) is 6.92 Å².